The highest BCUT2D eigenvalue weighted by Gasteiger charge is 2.11. The molecule has 0 aliphatic carbocycles. The number of benzene rings is 1. The summed E-state index contributed by atoms with van der Waals surface area (Å²) >= 11 is 0. The van der Waals surface area contributed by atoms with Gasteiger partial charge in [-0.05, 0) is 25.0 Å². The first-order valence-electron chi connectivity index (χ1n) is 5.90. The van der Waals surface area contributed by atoms with Crippen LogP contribution in [0.15, 0.2) is 35.1 Å². The molecule has 0 fully saturated rings. The lowest BCUT2D eigenvalue weighted by molar-refractivity contribution is -0.384. The van der Waals surface area contributed by atoms with Crippen LogP contribution in [0.25, 0.3) is 11.3 Å². The molecule has 0 aliphatic heterocycles. The van der Waals surface area contributed by atoms with Gasteiger partial charge < -0.3 is 4.52 Å². The second-order valence-electron chi connectivity index (χ2n) is 4.10. The summed E-state index contributed by atoms with van der Waals surface area (Å²) in [4.78, 5) is 10.2. The number of hydrogen-bond acceptors (Lipinski definition) is 4. The SMILES string of the molecule is CCCCc1conc1-c1ccc([N+](=O)[O-])cc1. The lowest BCUT2D eigenvalue weighted by atomic mass is 10.0. The summed E-state index contributed by atoms with van der Waals surface area (Å²) in [6.07, 6.45) is 4.73. The van der Waals surface area contributed by atoms with Crippen LogP contribution in [-0.2, 0) is 6.42 Å². The molecule has 5 nitrogen and oxygen atoms in total. The summed E-state index contributed by atoms with van der Waals surface area (Å²) in [5, 5.41) is 14.5. The van der Waals surface area contributed by atoms with Crippen LogP contribution in [0.5, 0.6) is 0 Å². The maximum Gasteiger partial charge on any atom is 0.269 e. The predicted octanol–water partition coefficient (Wildman–Crippen LogP) is 3.59. The van der Waals surface area contributed by atoms with Gasteiger partial charge in [-0.3, -0.25) is 10.1 Å². The smallest absolute Gasteiger partial charge is 0.269 e. The Morgan fingerprint density at radius 1 is 1.33 bits per heavy atom. The van der Waals surface area contributed by atoms with Gasteiger partial charge in [-0.1, -0.05) is 18.5 Å². The van der Waals surface area contributed by atoms with E-state index in [1.165, 1.54) is 12.1 Å². The maximum absolute atomic E-state index is 10.6. The average Bonchev–Trinajstić information content (AvgIpc) is 2.84. The second kappa shape index (κ2) is 5.44. The molecule has 0 unspecified atom stereocenters. The van der Waals surface area contributed by atoms with Crippen molar-refractivity contribution in [2.24, 2.45) is 0 Å². The fourth-order valence-electron chi connectivity index (χ4n) is 1.78. The van der Waals surface area contributed by atoms with Gasteiger partial charge in [0.25, 0.3) is 5.69 Å². The van der Waals surface area contributed by atoms with Gasteiger partial charge in [0.2, 0.25) is 0 Å². The topological polar surface area (TPSA) is 69.2 Å². The molecule has 0 saturated carbocycles. The molecular weight excluding hydrogens is 232 g/mol. The van der Waals surface area contributed by atoms with E-state index < -0.39 is 4.92 Å². The maximum atomic E-state index is 10.6. The molecule has 2 rings (SSSR count). The molecule has 0 spiro atoms. The van der Waals surface area contributed by atoms with Crippen LogP contribution in [-0.4, -0.2) is 10.1 Å². The molecule has 0 aliphatic rings. The third-order valence-electron chi connectivity index (χ3n) is 2.79. The zero-order chi connectivity index (χ0) is 13.0. The van der Waals surface area contributed by atoms with Crippen LogP contribution in [0.1, 0.15) is 25.3 Å². The average molecular weight is 246 g/mol. The number of unbranched alkanes of at least 4 members (excludes halogenated alkanes) is 1. The van der Waals surface area contributed by atoms with E-state index in [0.29, 0.717) is 0 Å². The van der Waals surface area contributed by atoms with Crippen LogP contribution >= 0.6 is 0 Å². The fraction of sp³-hybridized carbons (Fsp3) is 0.308. The van der Waals surface area contributed by atoms with E-state index in [1.807, 2.05) is 0 Å². The first-order chi connectivity index (χ1) is 8.72. The Morgan fingerprint density at radius 3 is 2.67 bits per heavy atom. The molecule has 1 aromatic heterocycles. The number of non-ortho nitro benzene ring substituents is 1. The number of aromatic nitrogens is 1. The van der Waals surface area contributed by atoms with Gasteiger partial charge in [0.1, 0.15) is 12.0 Å². The van der Waals surface area contributed by atoms with Crippen molar-refractivity contribution in [1.82, 2.24) is 5.16 Å². The highest BCUT2D eigenvalue weighted by Crippen LogP contribution is 2.25. The lowest BCUT2D eigenvalue weighted by Crippen LogP contribution is -1.89. The van der Waals surface area contributed by atoms with E-state index in [0.717, 1.165) is 36.1 Å². The second-order valence-corrected chi connectivity index (χ2v) is 4.10. The molecule has 1 heterocycles. The summed E-state index contributed by atoms with van der Waals surface area (Å²) in [6, 6.07) is 6.36. The Balaban J connectivity index is 2.25. The summed E-state index contributed by atoms with van der Waals surface area (Å²) in [5.41, 5.74) is 2.75. The Kier molecular flexibility index (Phi) is 3.72. The van der Waals surface area contributed by atoms with E-state index in [4.69, 9.17) is 4.52 Å². The minimum atomic E-state index is -0.412. The van der Waals surface area contributed by atoms with E-state index >= 15 is 0 Å². The molecule has 1 aromatic carbocycles. The van der Waals surface area contributed by atoms with Gasteiger partial charge in [-0.2, -0.15) is 0 Å². The fourth-order valence-corrected chi connectivity index (χ4v) is 1.78. The molecule has 0 N–H and O–H groups in total. The molecule has 5 heteroatoms. The molecule has 0 amide bonds. The van der Waals surface area contributed by atoms with Crippen molar-refractivity contribution in [3.8, 4) is 11.3 Å². The zero-order valence-corrected chi connectivity index (χ0v) is 10.1. The van der Waals surface area contributed by atoms with Crippen molar-refractivity contribution in [2.45, 2.75) is 26.2 Å². The van der Waals surface area contributed by atoms with E-state index in [1.54, 1.807) is 18.4 Å². The van der Waals surface area contributed by atoms with Crippen molar-refractivity contribution in [3.63, 3.8) is 0 Å². The molecule has 94 valence electrons. The van der Waals surface area contributed by atoms with E-state index in [9.17, 15) is 10.1 Å². The zero-order valence-electron chi connectivity index (χ0n) is 10.1. The number of nitro benzene ring substituents is 1. The van der Waals surface area contributed by atoms with Crippen molar-refractivity contribution in [3.05, 3.63) is 46.2 Å². The molecule has 0 bridgehead atoms. The van der Waals surface area contributed by atoms with Crippen LogP contribution in [0.3, 0.4) is 0 Å². The number of hydrogen-bond donors (Lipinski definition) is 0. The largest absolute Gasteiger partial charge is 0.364 e. The summed E-state index contributed by atoms with van der Waals surface area (Å²) in [7, 11) is 0. The molecule has 18 heavy (non-hydrogen) atoms. The van der Waals surface area contributed by atoms with Crippen molar-refractivity contribution in [2.75, 3.05) is 0 Å². The monoisotopic (exact) mass is 246 g/mol. The molecule has 2 aromatic rings. The summed E-state index contributed by atoms with van der Waals surface area (Å²) < 4.78 is 4.99. The Labute approximate surface area is 105 Å². The highest BCUT2D eigenvalue weighted by molar-refractivity contribution is 5.63. The molecule has 0 atom stereocenters. The van der Waals surface area contributed by atoms with Gasteiger partial charge in [0.05, 0.1) is 4.92 Å². The van der Waals surface area contributed by atoms with Crippen molar-refractivity contribution >= 4 is 5.69 Å². The minimum Gasteiger partial charge on any atom is -0.364 e. The third kappa shape index (κ3) is 2.56. The lowest BCUT2D eigenvalue weighted by Gasteiger charge is -2.00. The quantitative estimate of drug-likeness (QED) is 0.597. The van der Waals surface area contributed by atoms with Crippen molar-refractivity contribution < 1.29 is 9.45 Å². The van der Waals surface area contributed by atoms with Gasteiger partial charge in [0, 0.05) is 23.3 Å². The van der Waals surface area contributed by atoms with Gasteiger partial charge in [-0.15, -0.1) is 0 Å². The van der Waals surface area contributed by atoms with Gasteiger partial charge in [-0.25, -0.2) is 0 Å². The summed E-state index contributed by atoms with van der Waals surface area (Å²) in [6.45, 7) is 2.12. The number of rotatable bonds is 5. The Bertz CT molecular complexity index is 531. The van der Waals surface area contributed by atoms with Gasteiger partial charge in [0.15, 0.2) is 0 Å². The predicted molar refractivity (Wildman–Crippen MR) is 67.2 cm³/mol. The first-order valence-corrected chi connectivity index (χ1v) is 5.90. The minimum absolute atomic E-state index is 0.0809. The first kappa shape index (κ1) is 12.3. The van der Waals surface area contributed by atoms with Crippen LogP contribution in [0.2, 0.25) is 0 Å². The Hall–Kier alpha value is -2.17. The van der Waals surface area contributed by atoms with Crippen LogP contribution in [0.4, 0.5) is 5.69 Å². The molecular formula is C13H14N2O3. The van der Waals surface area contributed by atoms with Crippen molar-refractivity contribution in [1.29, 1.82) is 0 Å². The number of nitrogens with zero attached hydrogens (tertiary/aromatic N) is 2. The van der Waals surface area contributed by atoms with E-state index in [-0.39, 0.29) is 5.69 Å². The van der Waals surface area contributed by atoms with Crippen LogP contribution in [0, 0.1) is 10.1 Å². The van der Waals surface area contributed by atoms with E-state index in [2.05, 4.69) is 12.1 Å². The third-order valence-corrected chi connectivity index (χ3v) is 2.79. The number of nitro groups is 1. The highest BCUT2D eigenvalue weighted by atomic mass is 16.6. The Morgan fingerprint density at radius 2 is 2.06 bits per heavy atom. The number of aryl methyl sites for hydroxylation is 1. The summed E-state index contributed by atoms with van der Waals surface area (Å²) in [5.74, 6) is 0. The van der Waals surface area contributed by atoms with Crippen LogP contribution < -0.4 is 0 Å². The molecule has 0 radical (unpaired) electrons. The van der Waals surface area contributed by atoms with Gasteiger partial charge >= 0.3 is 0 Å². The standard InChI is InChI=1S/C13H14N2O3/c1-2-3-4-11-9-18-14-13(11)10-5-7-12(8-6-10)15(16)17/h5-9H,2-4H2,1H3. The molecule has 0 saturated heterocycles. The normalized spacial score (nSPS) is 10.5.